The molecule has 1 aromatic rings. The second-order valence-corrected chi connectivity index (χ2v) is 6.50. The largest absolute Gasteiger partial charge is 0.393 e. The number of aliphatic hydroxyl groups excluding tert-OH is 1. The summed E-state index contributed by atoms with van der Waals surface area (Å²) in [5, 5.41) is 12.6. The molecule has 0 saturated carbocycles. The number of carbonyl (C=O) groups excluding carboxylic acids is 1. The van der Waals surface area contributed by atoms with Gasteiger partial charge in [-0.15, -0.1) is 0 Å². The van der Waals surface area contributed by atoms with E-state index in [1.165, 1.54) is 0 Å². The molecule has 1 fully saturated rings. The highest BCUT2D eigenvalue weighted by atomic mass is 16.5. The van der Waals surface area contributed by atoms with Crippen LogP contribution in [0.2, 0.25) is 0 Å². The van der Waals surface area contributed by atoms with Gasteiger partial charge < -0.3 is 20.1 Å². The van der Waals surface area contributed by atoms with Crippen molar-refractivity contribution >= 4 is 17.3 Å². The van der Waals surface area contributed by atoms with Crippen molar-refractivity contribution in [2.24, 2.45) is 5.92 Å². The van der Waals surface area contributed by atoms with Crippen molar-refractivity contribution < 1.29 is 14.6 Å². The maximum atomic E-state index is 12.1. The van der Waals surface area contributed by atoms with Crippen molar-refractivity contribution in [2.75, 3.05) is 36.5 Å². The van der Waals surface area contributed by atoms with E-state index in [1.807, 2.05) is 24.3 Å². The quantitative estimate of drug-likeness (QED) is 0.758. The van der Waals surface area contributed by atoms with Crippen LogP contribution in [0.4, 0.5) is 11.4 Å². The van der Waals surface area contributed by atoms with E-state index in [9.17, 15) is 9.90 Å². The Labute approximate surface area is 138 Å². The number of nitrogens with one attached hydrogen (secondary N) is 1. The Morgan fingerprint density at radius 2 is 2.04 bits per heavy atom. The lowest BCUT2D eigenvalue weighted by Crippen LogP contribution is -2.36. The number of aliphatic hydroxyl groups is 1. The fourth-order valence-corrected chi connectivity index (χ4v) is 2.66. The van der Waals surface area contributed by atoms with Crippen LogP contribution in [0.5, 0.6) is 0 Å². The first kappa shape index (κ1) is 17.8. The standard InChI is InChI=1S/C18H28N2O3/c1-14(2)13-23-12-9-18(22)19-16-5-3-4-6-17(16)20-10-7-15(21)8-11-20/h3-6,14-15,21H,7-13H2,1-2H3,(H,19,22). The summed E-state index contributed by atoms with van der Waals surface area (Å²) in [4.78, 5) is 14.3. The Balaban J connectivity index is 1.88. The number of amides is 1. The lowest BCUT2D eigenvalue weighted by Gasteiger charge is -2.32. The molecule has 0 radical (unpaired) electrons. The van der Waals surface area contributed by atoms with Gasteiger partial charge >= 0.3 is 0 Å². The van der Waals surface area contributed by atoms with Gasteiger partial charge in [0.05, 0.1) is 30.5 Å². The molecule has 1 saturated heterocycles. The molecule has 2 rings (SSSR count). The normalized spacial score (nSPS) is 15.9. The third kappa shape index (κ3) is 5.84. The summed E-state index contributed by atoms with van der Waals surface area (Å²) in [5.74, 6) is 0.450. The summed E-state index contributed by atoms with van der Waals surface area (Å²) >= 11 is 0. The van der Waals surface area contributed by atoms with Gasteiger partial charge in [0.15, 0.2) is 0 Å². The van der Waals surface area contributed by atoms with Gasteiger partial charge in [0.25, 0.3) is 0 Å². The number of para-hydroxylation sites is 2. The molecule has 23 heavy (non-hydrogen) atoms. The third-order valence-corrected chi connectivity index (χ3v) is 3.91. The minimum absolute atomic E-state index is 0.0294. The zero-order chi connectivity index (χ0) is 16.7. The Hall–Kier alpha value is -1.59. The van der Waals surface area contributed by atoms with Gasteiger partial charge in [-0.25, -0.2) is 0 Å². The molecular formula is C18H28N2O3. The summed E-state index contributed by atoms with van der Waals surface area (Å²) in [5.41, 5.74) is 1.86. The number of anilines is 2. The van der Waals surface area contributed by atoms with Gasteiger partial charge in [-0.05, 0) is 30.9 Å². The number of benzene rings is 1. The predicted octanol–water partition coefficient (Wildman–Crippen LogP) is 2.65. The van der Waals surface area contributed by atoms with Crippen molar-refractivity contribution in [3.8, 4) is 0 Å². The van der Waals surface area contributed by atoms with Crippen molar-refractivity contribution in [1.82, 2.24) is 0 Å². The topological polar surface area (TPSA) is 61.8 Å². The van der Waals surface area contributed by atoms with Gasteiger partial charge in [0, 0.05) is 19.7 Å². The monoisotopic (exact) mass is 320 g/mol. The highest BCUT2D eigenvalue weighted by molar-refractivity contribution is 5.94. The molecule has 0 spiro atoms. The third-order valence-electron chi connectivity index (χ3n) is 3.91. The predicted molar refractivity (Wildman–Crippen MR) is 92.8 cm³/mol. The Kier molecular flexibility index (Phi) is 6.86. The first-order valence-electron chi connectivity index (χ1n) is 8.46. The molecule has 1 amide bonds. The van der Waals surface area contributed by atoms with Crippen LogP contribution >= 0.6 is 0 Å². The Bertz CT molecular complexity index is 497. The van der Waals surface area contributed by atoms with Crippen LogP contribution in [0.1, 0.15) is 33.1 Å². The smallest absolute Gasteiger partial charge is 0.226 e. The zero-order valence-corrected chi connectivity index (χ0v) is 14.1. The number of hydrogen-bond donors (Lipinski definition) is 2. The number of nitrogens with zero attached hydrogens (tertiary/aromatic N) is 1. The van der Waals surface area contributed by atoms with Crippen LogP contribution in [-0.4, -0.2) is 43.4 Å². The van der Waals surface area contributed by atoms with Gasteiger partial charge in [-0.3, -0.25) is 4.79 Å². The highest BCUT2D eigenvalue weighted by Gasteiger charge is 2.19. The van der Waals surface area contributed by atoms with Crippen molar-refractivity contribution in [3.63, 3.8) is 0 Å². The zero-order valence-electron chi connectivity index (χ0n) is 14.1. The molecular weight excluding hydrogens is 292 g/mol. The molecule has 5 nitrogen and oxygen atoms in total. The Morgan fingerprint density at radius 1 is 1.35 bits per heavy atom. The van der Waals surface area contributed by atoms with E-state index in [0.29, 0.717) is 25.6 Å². The average Bonchev–Trinajstić information content (AvgIpc) is 2.53. The maximum absolute atomic E-state index is 12.1. The van der Waals surface area contributed by atoms with E-state index in [4.69, 9.17) is 4.74 Å². The summed E-state index contributed by atoms with van der Waals surface area (Å²) in [6.07, 6.45) is 1.70. The maximum Gasteiger partial charge on any atom is 0.226 e. The number of carbonyl (C=O) groups is 1. The molecule has 0 aromatic heterocycles. The van der Waals surface area contributed by atoms with Crippen molar-refractivity contribution in [2.45, 2.75) is 39.2 Å². The molecule has 1 aliphatic heterocycles. The molecule has 5 heteroatoms. The van der Waals surface area contributed by atoms with Crippen LogP contribution in [0, 0.1) is 5.92 Å². The number of ether oxygens (including phenoxy) is 1. The second kappa shape index (κ2) is 8.89. The summed E-state index contributed by atoms with van der Waals surface area (Å²) < 4.78 is 5.46. The van der Waals surface area contributed by atoms with E-state index in [0.717, 1.165) is 37.3 Å². The van der Waals surface area contributed by atoms with Crippen LogP contribution in [0.15, 0.2) is 24.3 Å². The Morgan fingerprint density at radius 3 is 2.74 bits per heavy atom. The van der Waals surface area contributed by atoms with E-state index in [2.05, 4.69) is 24.1 Å². The second-order valence-electron chi connectivity index (χ2n) is 6.50. The fraction of sp³-hybridized carbons (Fsp3) is 0.611. The first-order chi connectivity index (χ1) is 11.1. The van der Waals surface area contributed by atoms with Crippen LogP contribution in [-0.2, 0) is 9.53 Å². The SMILES string of the molecule is CC(C)COCCC(=O)Nc1ccccc1N1CCC(O)CC1. The lowest BCUT2D eigenvalue weighted by molar-refractivity contribution is -0.117. The van der Waals surface area contributed by atoms with Gasteiger partial charge in [0.2, 0.25) is 5.91 Å². The van der Waals surface area contributed by atoms with Crippen LogP contribution in [0.3, 0.4) is 0 Å². The van der Waals surface area contributed by atoms with Gasteiger partial charge in [0.1, 0.15) is 0 Å². The van der Waals surface area contributed by atoms with Crippen molar-refractivity contribution in [1.29, 1.82) is 0 Å². The molecule has 0 aliphatic carbocycles. The molecule has 0 atom stereocenters. The van der Waals surface area contributed by atoms with Crippen LogP contribution in [0.25, 0.3) is 0 Å². The fourth-order valence-electron chi connectivity index (χ4n) is 2.66. The molecule has 1 aromatic carbocycles. The molecule has 0 unspecified atom stereocenters. The molecule has 1 heterocycles. The minimum atomic E-state index is -0.203. The van der Waals surface area contributed by atoms with E-state index < -0.39 is 0 Å². The summed E-state index contributed by atoms with van der Waals surface area (Å²) in [6, 6.07) is 7.84. The number of piperidine rings is 1. The highest BCUT2D eigenvalue weighted by Crippen LogP contribution is 2.28. The first-order valence-corrected chi connectivity index (χ1v) is 8.46. The van der Waals surface area contributed by atoms with Gasteiger partial charge in [-0.1, -0.05) is 26.0 Å². The number of hydrogen-bond acceptors (Lipinski definition) is 4. The van der Waals surface area contributed by atoms with Crippen LogP contribution < -0.4 is 10.2 Å². The average molecular weight is 320 g/mol. The van der Waals surface area contributed by atoms with E-state index >= 15 is 0 Å². The summed E-state index contributed by atoms with van der Waals surface area (Å²) in [7, 11) is 0. The van der Waals surface area contributed by atoms with E-state index in [1.54, 1.807) is 0 Å². The van der Waals surface area contributed by atoms with Gasteiger partial charge in [-0.2, -0.15) is 0 Å². The minimum Gasteiger partial charge on any atom is -0.393 e. The van der Waals surface area contributed by atoms with E-state index in [-0.39, 0.29) is 12.0 Å². The molecule has 1 aliphatic rings. The molecule has 0 bridgehead atoms. The van der Waals surface area contributed by atoms with Crippen molar-refractivity contribution in [3.05, 3.63) is 24.3 Å². The molecule has 2 N–H and O–H groups in total. The molecule has 128 valence electrons. The number of rotatable bonds is 7. The lowest BCUT2D eigenvalue weighted by atomic mass is 10.1. The summed E-state index contributed by atoms with van der Waals surface area (Å²) in [6.45, 7) is 6.93.